The van der Waals surface area contributed by atoms with E-state index in [0.717, 1.165) is 36.6 Å². The van der Waals surface area contributed by atoms with Crippen LogP contribution in [0.15, 0.2) is 67.0 Å². The van der Waals surface area contributed by atoms with Gasteiger partial charge in [0.25, 0.3) is 0 Å². The fourth-order valence-corrected chi connectivity index (χ4v) is 2.24. The van der Waals surface area contributed by atoms with Gasteiger partial charge in [0.05, 0.1) is 6.61 Å². The zero-order chi connectivity index (χ0) is 14.3. The topological polar surface area (TPSA) is 37.9 Å². The summed E-state index contributed by atoms with van der Waals surface area (Å²) in [5, 5.41) is 0. The standard InChI is InChI=1S/C18H18N2O/c1-2-5-15(6-3-1)7-4-14-21-17-10-8-16(9-11-17)18-19-12-13-20-18/h1-3,5-6,8-13H,4,7,14H2,(H,19,20). The van der Waals surface area contributed by atoms with Crippen LogP contribution in [0.1, 0.15) is 12.0 Å². The summed E-state index contributed by atoms with van der Waals surface area (Å²) in [7, 11) is 0. The van der Waals surface area contributed by atoms with Crippen LogP contribution >= 0.6 is 0 Å². The summed E-state index contributed by atoms with van der Waals surface area (Å²) < 4.78 is 5.77. The van der Waals surface area contributed by atoms with Crippen molar-refractivity contribution in [2.75, 3.05) is 6.61 Å². The number of aromatic nitrogens is 2. The van der Waals surface area contributed by atoms with Crippen molar-refractivity contribution in [3.8, 4) is 17.1 Å². The highest BCUT2D eigenvalue weighted by Crippen LogP contribution is 2.19. The number of benzene rings is 2. The van der Waals surface area contributed by atoms with E-state index < -0.39 is 0 Å². The molecule has 0 fully saturated rings. The lowest BCUT2D eigenvalue weighted by Gasteiger charge is -2.07. The maximum Gasteiger partial charge on any atom is 0.137 e. The molecule has 106 valence electrons. The SMILES string of the molecule is c1ccc(CCCOc2ccc(-c3ncc[nH]3)cc2)cc1. The third-order valence-corrected chi connectivity index (χ3v) is 3.35. The molecule has 0 bridgehead atoms. The van der Waals surface area contributed by atoms with Crippen LogP contribution in [0.25, 0.3) is 11.4 Å². The van der Waals surface area contributed by atoms with Gasteiger partial charge in [-0.05, 0) is 42.7 Å². The van der Waals surface area contributed by atoms with Crippen LogP contribution in [-0.4, -0.2) is 16.6 Å². The van der Waals surface area contributed by atoms with Gasteiger partial charge in [-0.15, -0.1) is 0 Å². The Morgan fingerprint density at radius 1 is 0.952 bits per heavy atom. The molecule has 1 aromatic heterocycles. The summed E-state index contributed by atoms with van der Waals surface area (Å²) in [6, 6.07) is 18.5. The molecule has 3 aromatic rings. The van der Waals surface area contributed by atoms with Gasteiger partial charge in [-0.3, -0.25) is 0 Å². The Labute approximate surface area is 124 Å². The average Bonchev–Trinajstić information content (AvgIpc) is 3.08. The molecule has 0 saturated carbocycles. The fraction of sp³-hybridized carbons (Fsp3) is 0.167. The van der Waals surface area contributed by atoms with Crippen molar-refractivity contribution in [1.82, 2.24) is 9.97 Å². The van der Waals surface area contributed by atoms with Gasteiger partial charge in [0.15, 0.2) is 0 Å². The van der Waals surface area contributed by atoms with Crippen molar-refractivity contribution in [2.24, 2.45) is 0 Å². The number of ether oxygens (including phenoxy) is 1. The first-order valence-corrected chi connectivity index (χ1v) is 7.18. The Morgan fingerprint density at radius 3 is 2.48 bits per heavy atom. The van der Waals surface area contributed by atoms with Crippen LogP contribution in [-0.2, 0) is 6.42 Å². The molecule has 0 saturated heterocycles. The largest absolute Gasteiger partial charge is 0.494 e. The Morgan fingerprint density at radius 2 is 1.76 bits per heavy atom. The molecular formula is C18H18N2O. The van der Waals surface area contributed by atoms with Gasteiger partial charge >= 0.3 is 0 Å². The molecule has 0 aliphatic heterocycles. The van der Waals surface area contributed by atoms with Crippen LogP contribution in [0, 0.1) is 0 Å². The lowest BCUT2D eigenvalue weighted by molar-refractivity contribution is 0.311. The van der Waals surface area contributed by atoms with E-state index in [1.54, 1.807) is 6.20 Å². The van der Waals surface area contributed by atoms with Crippen LogP contribution in [0.4, 0.5) is 0 Å². The maximum absolute atomic E-state index is 5.77. The number of hydrogen-bond donors (Lipinski definition) is 1. The summed E-state index contributed by atoms with van der Waals surface area (Å²) in [5.41, 5.74) is 2.42. The predicted molar refractivity (Wildman–Crippen MR) is 84.3 cm³/mol. The second-order valence-electron chi connectivity index (χ2n) is 4.90. The lowest BCUT2D eigenvalue weighted by atomic mass is 10.1. The summed E-state index contributed by atoms with van der Waals surface area (Å²) >= 11 is 0. The number of aryl methyl sites for hydroxylation is 1. The van der Waals surface area contributed by atoms with Crippen LogP contribution < -0.4 is 4.74 Å². The van der Waals surface area contributed by atoms with Gasteiger partial charge in [0.2, 0.25) is 0 Å². The van der Waals surface area contributed by atoms with E-state index in [0.29, 0.717) is 0 Å². The highest BCUT2D eigenvalue weighted by Gasteiger charge is 2.00. The average molecular weight is 278 g/mol. The van der Waals surface area contributed by atoms with Gasteiger partial charge in [0.1, 0.15) is 11.6 Å². The van der Waals surface area contributed by atoms with E-state index in [9.17, 15) is 0 Å². The zero-order valence-electron chi connectivity index (χ0n) is 11.8. The number of hydrogen-bond acceptors (Lipinski definition) is 2. The first-order chi connectivity index (χ1) is 10.4. The molecule has 0 amide bonds. The minimum Gasteiger partial charge on any atom is -0.494 e. The summed E-state index contributed by atoms with van der Waals surface area (Å²) in [4.78, 5) is 7.32. The first kappa shape index (κ1) is 13.4. The van der Waals surface area contributed by atoms with Crippen molar-refractivity contribution < 1.29 is 4.74 Å². The van der Waals surface area contributed by atoms with E-state index in [2.05, 4.69) is 34.2 Å². The summed E-state index contributed by atoms with van der Waals surface area (Å²) in [5.74, 6) is 1.78. The fourth-order valence-electron chi connectivity index (χ4n) is 2.24. The van der Waals surface area contributed by atoms with Crippen LogP contribution in [0.5, 0.6) is 5.75 Å². The van der Waals surface area contributed by atoms with Crippen molar-refractivity contribution in [2.45, 2.75) is 12.8 Å². The number of imidazole rings is 1. The van der Waals surface area contributed by atoms with E-state index in [-0.39, 0.29) is 0 Å². The molecule has 3 nitrogen and oxygen atoms in total. The monoisotopic (exact) mass is 278 g/mol. The molecule has 0 unspecified atom stereocenters. The molecule has 0 radical (unpaired) electrons. The van der Waals surface area contributed by atoms with Crippen LogP contribution in [0.3, 0.4) is 0 Å². The molecule has 0 spiro atoms. The van der Waals surface area contributed by atoms with Crippen molar-refractivity contribution in [3.63, 3.8) is 0 Å². The minimum absolute atomic E-state index is 0.731. The Bertz CT molecular complexity index is 645. The van der Waals surface area contributed by atoms with Crippen LogP contribution in [0.2, 0.25) is 0 Å². The maximum atomic E-state index is 5.77. The number of H-pyrrole nitrogens is 1. The molecule has 0 aliphatic carbocycles. The smallest absolute Gasteiger partial charge is 0.137 e. The Hall–Kier alpha value is -2.55. The minimum atomic E-state index is 0.731. The van der Waals surface area contributed by atoms with Crippen molar-refractivity contribution >= 4 is 0 Å². The van der Waals surface area contributed by atoms with Gasteiger partial charge < -0.3 is 9.72 Å². The molecule has 3 rings (SSSR count). The van der Waals surface area contributed by atoms with Crippen molar-refractivity contribution in [3.05, 3.63) is 72.6 Å². The molecule has 1 N–H and O–H groups in total. The van der Waals surface area contributed by atoms with E-state index in [1.807, 2.05) is 36.5 Å². The molecular weight excluding hydrogens is 260 g/mol. The number of rotatable bonds is 6. The summed E-state index contributed by atoms with van der Waals surface area (Å²) in [6.45, 7) is 0.731. The number of nitrogens with zero attached hydrogens (tertiary/aromatic N) is 1. The predicted octanol–water partition coefficient (Wildman–Crippen LogP) is 4.09. The number of aromatic amines is 1. The molecule has 3 heteroatoms. The van der Waals surface area contributed by atoms with E-state index in [4.69, 9.17) is 4.74 Å². The Kier molecular flexibility index (Phi) is 4.32. The van der Waals surface area contributed by atoms with E-state index in [1.165, 1.54) is 5.56 Å². The van der Waals surface area contributed by atoms with E-state index >= 15 is 0 Å². The van der Waals surface area contributed by atoms with Gasteiger partial charge in [-0.2, -0.15) is 0 Å². The van der Waals surface area contributed by atoms with Gasteiger partial charge in [0, 0.05) is 18.0 Å². The Balaban J connectivity index is 1.47. The third-order valence-electron chi connectivity index (χ3n) is 3.35. The normalized spacial score (nSPS) is 10.5. The second kappa shape index (κ2) is 6.75. The van der Waals surface area contributed by atoms with Gasteiger partial charge in [-0.25, -0.2) is 4.98 Å². The summed E-state index contributed by atoms with van der Waals surface area (Å²) in [6.07, 6.45) is 5.64. The highest BCUT2D eigenvalue weighted by molar-refractivity contribution is 5.55. The zero-order valence-corrected chi connectivity index (χ0v) is 11.8. The molecule has 0 aliphatic rings. The quantitative estimate of drug-likeness (QED) is 0.690. The third kappa shape index (κ3) is 3.72. The highest BCUT2D eigenvalue weighted by atomic mass is 16.5. The molecule has 0 atom stereocenters. The molecule has 21 heavy (non-hydrogen) atoms. The van der Waals surface area contributed by atoms with Crippen molar-refractivity contribution in [1.29, 1.82) is 0 Å². The second-order valence-corrected chi connectivity index (χ2v) is 4.90. The first-order valence-electron chi connectivity index (χ1n) is 7.18. The molecule has 2 aromatic carbocycles. The molecule has 1 heterocycles. The number of nitrogens with one attached hydrogen (secondary N) is 1. The lowest BCUT2D eigenvalue weighted by Crippen LogP contribution is -1.99. The van der Waals surface area contributed by atoms with Gasteiger partial charge in [-0.1, -0.05) is 30.3 Å².